The molecular formula is C33H29BO2. The Hall–Kier alpha value is -2.68. The third kappa shape index (κ3) is 1.93. The molecule has 3 aromatic carbocycles. The molecule has 0 spiro atoms. The van der Waals surface area contributed by atoms with Crippen LogP contribution in [-0.2, 0) is 16.2 Å². The number of hydrogen-bond acceptors (Lipinski definition) is 2. The van der Waals surface area contributed by atoms with Crippen LogP contribution in [0.4, 0.5) is 0 Å². The van der Waals surface area contributed by atoms with Crippen LogP contribution >= 0.6 is 0 Å². The summed E-state index contributed by atoms with van der Waals surface area (Å²) in [4.78, 5) is 0. The van der Waals surface area contributed by atoms with Crippen LogP contribution in [0.3, 0.4) is 0 Å². The Morgan fingerprint density at radius 2 is 1.00 bits per heavy atom. The van der Waals surface area contributed by atoms with Crippen LogP contribution in [0.2, 0.25) is 0 Å². The highest BCUT2D eigenvalue weighted by Crippen LogP contribution is 2.67. The third-order valence-electron chi connectivity index (χ3n) is 11.8. The van der Waals surface area contributed by atoms with Crippen LogP contribution in [0.25, 0.3) is 0 Å². The first-order valence-corrected chi connectivity index (χ1v) is 13.9. The van der Waals surface area contributed by atoms with Gasteiger partial charge in [0.25, 0.3) is 6.71 Å². The van der Waals surface area contributed by atoms with Crippen molar-refractivity contribution in [3.8, 4) is 23.0 Å². The highest BCUT2D eigenvalue weighted by Gasteiger charge is 2.60. The van der Waals surface area contributed by atoms with Gasteiger partial charge in [0.15, 0.2) is 0 Å². The van der Waals surface area contributed by atoms with Gasteiger partial charge in [-0.25, -0.2) is 0 Å². The van der Waals surface area contributed by atoms with Crippen LogP contribution in [0.5, 0.6) is 23.0 Å². The van der Waals surface area contributed by atoms with E-state index in [1.54, 1.807) is 0 Å². The SMILES string of the molecule is [2H]c1c([2H])c(C23CC(C2)C3)c([2H])c2c1B1c3c(cc(C45CC(C4)C5)cc3Oc3c([2H])c(C45CC(C4)C5)c([2H])c([2H])c31)O2. The largest absolute Gasteiger partial charge is 0.458 e. The van der Waals surface area contributed by atoms with Gasteiger partial charge < -0.3 is 9.47 Å². The predicted octanol–water partition coefficient (Wildman–Crippen LogP) is 5.57. The molecule has 0 unspecified atom stereocenters. The topological polar surface area (TPSA) is 18.5 Å². The molecule has 0 aromatic heterocycles. The molecule has 3 aromatic rings. The summed E-state index contributed by atoms with van der Waals surface area (Å²) in [5.74, 6) is 3.98. The monoisotopic (exact) mass is 474 g/mol. The minimum absolute atomic E-state index is 0.0413. The molecule has 2 aliphatic heterocycles. The average molecular weight is 474 g/mol. The minimum Gasteiger partial charge on any atom is -0.458 e. The van der Waals surface area contributed by atoms with Crippen molar-refractivity contribution >= 4 is 23.1 Å². The van der Waals surface area contributed by atoms with Gasteiger partial charge in [-0.2, -0.15) is 0 Å². The molecule has 6 bridgehead atoms. The summed E-state index contributed by atoms with van der Waals surface area (Å²) in [5.41, 5.74) is 3.79. The van der Waals surface area contributed by atoms with E-state index >= 15 is 0 Å². The summed E-state index contributed by atoms with van der Waals surface area (Å²) in [5, 5.41) is 0. The van der Waals surface area contributed by atoms with Crippen LogP contribution in [0.1, 0.15) is 82.7 Å². The van der Waals surface area contributed by atoms with Crippen molar-refractivity contribution in [1.29, 1.82) is 0 Å². The second-order valence-electron chi connectivity index (χ2n) is 13.8. The molecule has 0 N–H and O–H groups in total. The molecule has 176 valence electrons. The van der Waals surface area contributed by atoms with E-state index in [1.807, 2.05) is 0 Å². The van der Waals surface area contributed by atoms with Gasteiger partial charge in [-0.3, -0.25) is 0 Å². The molecule has 36 heavy (non-hydrogen) atoms. The summed E-state index contributed by atoms with van der Waals surface area (Å²) in [7, 11) is 0. The standard InChI is InChI=1S/C33H29BO2/c1-3-24-26(5-21(1)31-9-18(10-31)11-31)35-28-7-23(33-15-20(16-33)17-33)8-29-30(28)34(24)25-4-2-22(6-27(25)36-29)32-12-19(13-32)14-32/h1-8,18-20H,9-17H2/i1D,2D,3D,4D,5D,6D. The van der Waals surface area contributed by atoms with E-state index < -0.39 is 6.71 Å². The average Bonchev–Trinajstić information content (AvgIpc) is 2.80. The van der Waals surface area contributed by atoms with Gasteiger partial charge in [0.05, 0.1) is 8.22 Å². The summed E-state index contributed by atoms with van der Waals surface area (Å²) in [6.07, 6.45) is 9.34. The van der Waals surface area contributed by atoms with Crippen molar-refractivity contribution < 1.29 is 17.7 Å². The van der Waals surface area contributed by atoms with E-state index in [2.05, 4.69) is 12.1 Å². The highest BCUT2D eigenvalue weighted by molar-refractivity contribution is 6.98. The number of benzene rings is 3. The van der Waals surface area contributed by atoms with Gasteiger partial charge >= 0.3 is 0 Å². The molecule has 3 heteroatoms. The maximum absolute atomic E-state index is 9.38. The second-order valence-corrected chi connectivity index (χ2v) is 13.8. The first kappa shape index (κ1) is 14.3. The number of hydrogen-bond donors (Lipinski definition) is 0. The summed E-state index contributed by atoms with van der Waals surface area (Å²) in [6.45, 7) is -0.685. The van der Waals surface area contributed by atoms with Gasteiger partial charge in [-0.15, -0.1) is 0 Å². The zero-order valence-corrected chi connectivity index (χ0v) is 20.1. The molecule has 2 nitrogen and oxygen atoms in total. The van der Waals surface area contributed by atoms with Gasteiger partial charge in [0.1, 0.15) is 23.0 Å². The smallest absolute Gasteiger partial charge is 0.260 e. The van der Waals surface area contributed by atoms with Crippen molar-refractivity contribution in [3.63, 3.8) is 0 Å². The van der Waals surface area contributed by atoms with Gasteiger partial charge in [0, 0.05) is 5.46 Å². The number of rotatable bonds is 3. The predicted molar refractivity (Wildman–Crippen MR) is 141 cm³/mol. The Morgan fingerprint density at radius 3 is 1.39 bits per heavy atom. The third-order valence-corrected chi connectivity index (χ3v) is 11.8. The Labute approximate surface area is 220 Å². The fraction of sp³-hybridized carbons (Fsp3) is 0.455. The summed E-state index contributed by atoms with van der Waals surface area (Å²) < 4.78 is 68.9. The minimum atomic E-state index is -0.685. The molecule has 0 amide bonds. The van der Waals surface area contributed by atoms with Crippen LogP contribution in [0, 0.1) is 17.8 Å². The fourth-order valence-corrected chi connectivity index (χ4v) is 9.31. The van der Waals surface area contributed by atoms with Crippen molar-refractivity contribution in [2.24, 2.45) is 17.8 Å². The molecule has 0 atom stereocenters. The van der Waals surface area contributed by atoms with Crippen molar-refractivity contribution in [3.05, 3.63) is 65.1 Å². The lowest BCUT2D eigenvalue weighted by molar-refractivity contribution is -0.0276. The van der Waals surface area contributed by atoms with Gasteiger partial charge in [-0.1, -0.05) is 24.2 Å². The van der Waals surface area contributed by atoms with E-state index in [9.17, 15) is 5.48 Å². The van der Waals surface area contributed by atoms with Crippen LogP contribution in [-0.4, -0.2) is 6.71 Å². The fourth-order valence-electron chi connectivity index (χ4n) is 9.31. The second kappa shape index (κ2) is 5.44. The van der Waals surface area contributed by atoms with E-state index in [1.165, 1.54) is 5.56 Å². The van der Waals surface area contributed by atoms with Crippen molar-refractivity contribution in [2.45, 2.75) is 74.0 Å². The van der Waals surface area contributed by atoms with Crippen molar-refractivity contribution in [2.75, 3.05) is 0 Å². The molecule has 14 rings (SSSR count). The molecule has 0 saturated heterocycles. The first-order chi connectivity index (χ1) is 20.1. The van der Waals surface area contributed by atoms with E-state index in [4.69, 9.17) is 12.2 Å². The number of ether oxygens (including phenoxy) is 2. The Bertz CT molecular complexity index is 1730. The summed E-state index contributed by atoms with van der Waals surface area (Å²) in [6, 6.07) is 4.87. The maximum Gasteiger partial charge on any atom is 0.260 e. The lowest BCUT2D eigenvalue weighted by Gasteiger charge is -2.62. The zero-order chi connectivity index (χ0) is 28.2. The number of fused-ring (bicyclic) bond motifs is 4. The normalized spacial score (nSPS) is 42.0. The molecule has 9 fully saturated rings. The molecule has 9 saturated carbocycles. The highest BCUT2D eigenvalue weighted by atomic mass is 16.5. The maximum atomic E-state index is 9.38. The summed E-state index contributed by atoms with van der Waals surface area (Å²) >= 11 is 0. The van der Waals surface area contributed by atoms with Crippen LogP contribution in [0.15, 0.2) is 48.4 Å². The molecule has 0 radical (unpaired) electrons. The molecule has 2 heterocycles. The van der Waals surface area contributed by atoms with E-state index in [0.29, 0.717) is 62.3 Å². The quantitative estimate of drug-likeness (QED) is 0.319. The van der Waals surface area contributed by atoms with Crippen molar-refractivity contribution in [1.82, 2.24) is 0 Å². The Balaban J connectivity index is 1.20. The van der Waals surface area contributed by atoms with Gasteiger partial charge in [-0.05, 0) is 144 Å². The van der Waals surface area contributed by atoms with Crippen LogP contribution < -0.4 is 25.9 Å². The van der Waals surface area contributed by atoms with E-state index in [-0.39, 0.29) is 52.5 Å². The lowest BCUT2D eigenvalue weighted by Crippen LogP contribution is -2.59. The first-order valence-electron chi connectivity index (χ1n) is 16.9. The molecular weight excluding hydrogens is 439 g/mol. The lowest BCUT2D eigenvalue weighted by atomic mass is 9.34. The molecule has 11 aliphatic rings. The zero-order valence-electron chi connectivity index (χ0n) is 26.1. The molecule has 9 aliphatic carbocycles. The van der Waals surface area contributed by atoms with Gasteiger partial charge in [0.2, 0.25) is 0 Å². The Kier molecular flexibility index (Phi) is 2.16. The Morgan fingerprint density at radius 1 is 0.583 bits per heavy atom. The van der Waals surface area contributed by atoms with E-state index in [0.717, 1.165) is 63.7 Å².